The number of aromatic amines is 1. The van der Waals surface area contributed by atoms with Crippen LogP contribution in [-0.2, 0) is 9.30 Å². The Hall–Kier alpha value is -1.21. The molecule has 2 fully saturated rings. The number of nitrogens with one attached hydrogen (secondary N) is 1. The minimum Gasteiger partial charge on any atom is -0.365 e. The summed E-state index contributed by atoms with van der Waals surface area (Å²) in [7, 11) is -4.19. The Kier molecular flexibility index (Phi) is 3.89. The number of fused-ring (bicyclic) bond motifs is 2. The number of hydrogen-bond acceptors (Lipinski definition) is 4. The van der Waals surface area contributed by atoms with E-state index in [1.807, 2.05) is 0 Å². The number of rotatable bonds is 4. The molecule has 122 valence electrons. The summed E-state index contributed by atoms with van der Waals surface area (Å²) in [6.45, 7) is 1.64. The van der Waals surface area contributed by atoms with Crippen LogP contribution in [0.3, 0.4) is 0 Å². The van der Waals surface area contributed by atoms with Gasteiger partial charge in [-0.05, 0) is 32.1 Å². The van der Waals surface area contributed by atoms with E-state index < -0.39 is 25.2 Å². The first-order chi connectivity index (χ1) is 10.2. The van der Waals surface area contributed by atoms with Crippen LogP contribution in [0.5, 0.6) is 0 Å². The maximum Gasteiger partial charge on any atom is 0.350 e. The fourth-order valence-corrected chi connectivity index (χ4v) is 4.17. The van der Waals surface area contributed by atoms with Crippen molar-refractivity contribution >= 4 is 7.60 Å². The normalized spacial score (nSPS) is 30.9. The van der Waals surface area contributed by atoms with Gasteiger partial charge >= 0.3 is 13.3 Å². The van der Waals surface area contributed by atoms with Gasteiger partial charge < -0.3 is 14.5 Å². The molecule has 9 heteroatoms. The maximum atomic E-state index is 12.0. The summed E-state index contributed by atoms with van der Waals surface area (Å²) < 4.78 is 17.9. The Morgan fingerprint density at radius 1 is 1.36 bits per heavy atom. The summed E-state index contributed by atoms with van der Waals surface area (Å²) in [6.07, 6.45) is 3.18. The van der Waals surface area contributed by atoms with E-state index in [0.717, 1.165) is 19.3 Å². The Labute approximate surface area is 126 Å². The molecule has 0 saturated heterocycles. The fourth-order valence-electron chi connectivity index (χ4n) is 3.79. The molecule has 3 rings (SSSR count). The largest absolute Gasteiger partial charge is 0.365 e. The van der Waals surface area contributed by atoms with Gasteiger partial charge in [-0.1, -0.05) is 0 Å². The third-order valence-electron chi connectivity index (χ3n) is 4.68. The summed E-state index contributed by atoms with van der Waals surface area (Å²) in [5, 5.41) is 0. The van der Waals surface area contributed by atoms with Crippen molar-refractivity contribution in [1.82, 2.24) is 9.55 Å². The molecular weight excluding hydrogens is 311 g/mol. The molecule has 0 aliphatic heterocycles. The van der Waals surface area contributed by atoms with Gasteiger partial charge in [-0.3, -0.25) is 18.9 Å². The van der Waals surface area contributed by atoms with Gasteiger partial charge in [-0.25, -0.2) is 4.79 Å². The van der Waals surface area contributed by atoms with Crippen LogP contribution in [0.15, 0.2) is 15.8 Å². The Morgan fingerprint density at radius 2 is 2.09 bits per heavy atom. The molecule has 1 aromatic heterocycles. The Balaban J connectivity index is 1.82. The second-order valence-electron chi connectivity index (χ2n) is 6.28. The molecule has 1 heterocycles. The predicted molar refractivity (Wildman–Crippen MR) is 77.7 cm³/mol. The van der Waals surface area contributed by atoms with Gasteiger partial charge in [0.05, 0.1) is 6.10 Å². The van der Waals surface area contributed by atoms with E-state index in [9.17, 15) is 14.2 Å². The molecular formula is C13H19N2O6P. The van der Waals surface area contributed by atoms with E-state index in [-0.39, 0.29) is 18.1 Å². The van der Waals surface area contributed by atoms with Crippen molar-refractivity contribution in [3.05, 3.63) is 32.6 Å². The predicted octanol–water partition coefficient (Wildman–Crippen LogP) is 0.336. The summed E-state index contributed by atoms with van der Waals surface area (Å²) in [5.41, 5.74) is -0.365. The van der Waals surface area contributed by atoms with Crippen molar-refractivity contribution < 1.29 is 19.1 Å². The van der Waals surface area contributed by atoms with Gasteiger partial charge in [0.1, 0.15) is 6.35 Å². The van der Waals surface area contributed by atoms with Crippen LogP contribution >= 0.6 is 7.60 Å². The SMILES string of the molecule is Cc1cn(C2C[C@@H]3C[C@H](OCP(=O)(O)O)[C@@H]2C3)c(=O)[nH]c1=O. The third-order valence-corrected chi connectivity index (χ3v) is 5.16. The van der Waals surface area contributed by atoms with E-state index >= 15 is 0 Å². The average molecular weight is 330 g/mol. The molecule has 1 aromatic rings. The highest BCUT2D eigenvalue weighted by Gasteiger charge is 2.48. The van der Waals surface area contributed by atoms with Crippen molar-refractivity contribution in [2.75, 3.05) is 6.35 Å². The van der Waals surface area contributed by atoms with Gasteiger partial charge in [0, 0.05) is 23.7 Å². The molecule has 1 unspecified atom stereocenters. The second-order valence-corrected chi connectivity index (χ2v) is 7.87. The molecule has 22 heavy (non-hydrogen) atoms. The van der Waals surface area contributed by atoms with E-state index in [1.54, 1.807) is 13.1 Å². The van der Waals surface area contributed by atoms with Gasteiger partial charge in [0.25, 0.3) is 5.56 Å². The standard InChI is InChI=1S/C13H19N2O6P/c1-7-5-15(13(17)14-12(7)16)10-3-8-2-9(10)11(4-8)21-6-22(18,19)20/h5,8-11H,2-4,6H2,1H3,(H,14,16,17)(H2,18,19,20)/t8-,9-,10?,11+/m1/s1. The molecule has 0 aromatic carbocycles. The lowest BCUT2D eigenvalue weighted by Crippen LogP contribution is -2.38. The first kappa shape index (κ1) is 15.7. The zero-order valence-electron chi connectivity index (χ0n) is 12.1. The van der Waals surface area contributed by atoms with Gasteiger partial charge in [-0.2, -0.15) is 0 Å². The van der Waals surface area contributed by atoms with Crippen molar-refractivity contribution in [3.8, 4) is 0 Å². The van der Waals surface area contributed by atoms with Crippen LogP contribution in [0.4, 0.5) is 0 Å². The lowest BCUT2D eigenvalue weighted by molar-refractivity contribution is 0.0173. The van der Waals surface area contributed by atoms with Crippen LogP contribution in [0.25, 0.3) is 0 Å². The highest BCUT2D eigenvalue weighted by molar-refractivity contribution is 7.51. The smallest absolute Gasteiger partial charge is 0.350 e. The van der Waals surface area contributed by atoms with Crippen molar-refractivity contribution in [3.63, 3.8) is 0 Å². The van der Waals surface area contributed by atoms with Crippen LogP contribution in [0.2, 0.25) is 0 Å². The zero-order chi connectivity index (χ0) is 16.1. The molecule has 3 N–H and O–H groups in total. The minimum absolute atomic E-state index is 0.0413. The molecule has 4 atom stereocenters. The number of hydrogen-bond donors (Lipinski definition) is 3. The fraction of sp³-hybridized carbons (Fsp3) is 0.692. The molecule has 0 amide bonds. The van der Waals surface area contributed by atoms with Crippen molar-refractivity contribution in [2.24, 2.45) is 11.8 Å². The number of nitrogens with zero attached hydrogens (tertiary/aromatic N) is 1. The number of ether oxygens (including phenoxy) is 1. The van der Waals surface area contributed by atoms with Crippen LogP contribution in [0.1, 0.15) is 30.9 Å². The molecule has 0 radical (unpaired) electrons. The molecule has 2 saturated carbocycles. The van der Waals surface area contributed by atoms with Crippen molar-refractivity contribution in [1.29, 1.82) is 0 Å². The van der Waals surface area contributed by atoms with Gasteiger partial charge in [-0.15, -0.1) is 0 Å². The summed E-state index contributed by atoms with van der Waals surface area (Å²) in [4.78, 5) is 43.7. The van der Waals surface area contributed by atoms with Gasteiger partial charge in [0.2, 0.25) is 0 Å². The first-order valence-corrected chi connectivity index (χ1v) is 9.02. The van der Waals surface area contributed by atoms with Crippen LogP contribution in [-0.4, -0.2) is 31.8 Å². The topological polar surface area (TPSA) is 122 Å². The maximum absolute atomic E-state index is 12.0. The third kappa shape index (κ3) is 2.96. The molecule has 2 bridgehead atoms. The average Bonchev–Trinajstić information content (AvgIpc) is 2.99. The van der Waals surface area contributed by atoms with E-state index in [1.165, 1.54) is 4.57 Å². The quantitative estimate of drug-likeness (QED) is 0.684. The summed E-state index contributed by atoms with van der Waals surface area (Å²) in [5.74, 6) is 0.426. The Morgan fingerprint density at radius 3 is 2.73 bits per heavy atom. The Bertz CT molecular complexity index is 735. The highest BCUT2D eigenvalue weighted by Crippen LogP contribution is 2.52. The molecule has 8 nitrogen and oxygen atoms in total. The molecule has 2 aliphatic carbocycles. The molecule has 2 aliphatic rings. The highest BCUT2D eigenvalue weighted by atomic mass is 31.2. The van der Waals surface area contributed by atoms with Crippen LogP contribution in [0, 0.1) is 18.8 Å². The minimum atomic E-state index is -4.19. The van der Waals surface area contributed by atoms with Crippen molar-refractivity contribution in [2.45, 2.75) is 38.3 Å². The van der Waals surface area contributed by atoms with Crippen LogP contribution < -0.4 is 11.2 Å². The second kappa shape index (κ2) is 5.45. The number of H-pyrrole nitrogens is 1. The van der Waals surface area contributed by atoms with E-state index in [4.69, 9.17) is 14.5 Å². The monoisotopic (exact) mass is 330 g/mol. The summed E-state index contributed by atoms with van der Waals surface area (Å²) >= 11 is 0. The first-order valence-electron chi connectivity index (χ1n) is 7.23. The lowest BCUT2D eigenvalue weighted by Gasteiger charge is -2.30. The lowest BCUT2D eigenvalue weighted by atomic mass is 9.92. The van der Waals surface area contributed by atoms with Gasteiger partial charge in [0.15, 0.2) is 0 Å². The van der Waals surface area contributed by atoms with E-state index in [0.29, 0.717) is 11.5 Å². The summed E-state index contributed by atoms with van der Waals surface area (Å²) in [6, 6.07) is -0.0939. The zero-order valence-corrected chi connectivity index (χ0v) is 13.0. The number of aryl methyl sites for hydroxylation is 1. The van der Waals surface area contributed by atoms with E-state index in [2.05, 4.69) is 4.98 Å². The number of aromatic nitrogens is 2. The molecule has 0 spiro atoms.